The van der Waals surface area contributed by atoms with Gasteiger partial charge in [-0.3, -0.25) is 4.98 Å². The Morgan fingerprint density at radius 2 is 2.40 bits per heavy atom. The highest BCUT2D eigenvalue weighted by molar-refractivity contribution is 6.02. The molecule has 0 bridgehead atoms. The molecule has 0 spiro atoms. The summed E-state index contributed by atoms with van der Waals surface area (Å²) in [6, 6.07) is 5.76. The maximum absolute atomic E-state index is 9.04. The maximum Gasteiger partial charge on any atom is 0.122 e. The molecule has 1 aromatic rings. The number of nitrogens with zero attached hydrogens (tertiary/aromatic N) is 2. The van der Waals surface area contributed by atoms with Crippen LogP contribution in [0.2, 0.25) is 0 Å². The SMILES string of the molecule is ON=C(c1ccccn1)C1CCCCN1. The molecule has 2 heterocycles. The molecule has 0 saturated carbocycles. The molecule has 80 valence electrons. The minimum absolute atomic E-state index is 0.138. The highest BCUT2D eigenvalue weighted by atomic mass is 16.4. The van der Waals surface area contributed by atoms with Gasteiger partial charge in [-0.15, -0.1) is 0 Å². The molecule has 1 aliphatic heterocycles. The number of nitrogens with one attached hydrogen (secondary N) is 1. The quantitative estimate of drug-likeness (QED) is 0.436. The van der Waals surface area contributed by atoms with Gasteiger partial charge in [0, 0.05) is 6.20 Å². The van der Waals surface area contributed by atoms with Gasteiger partial charge >= 0.3 is 0 Å². The number of rotatable bonds is 2. The fraction of sp³-hybridized carbons (Fsp3) is 0.455. The van der Waals surface area contributed by atoms with E-state index in [0.29, 0.717) is 5.71 Å². The molecule has 0 amide bonds. The summed E-state index contributed by atoms with van der Waals surface area (Å²) in [5.41, 5.74) is 1.40. The molecular formula is C11H15N3O. The van der Waals surface area contributed by atoms with Gasteiger partial charge in [0.15, 0.2) is 0 Å². The normalized spacial score (nSPS) is 22.7. The molecule has 0 radical (unpaired) electrons. The van der Waals surface area contributed by atoms with Crippen molar-refractivity contribution in [2.45, 2.75) is 25.3 Å². The van der Waals surface area contributed by atoms with Gasteiger partial charge in [0.25, 0.3) is 0 Å². The molecule has 4 nitrogen and oxygen atoms in total. The van der Waals surface area contributed by atoms with Crippen LogP contribution >= 0.6 is 0 Å². The summed E-state index contributed by atoms with van der Waals surface area (Å²) in [5.74, 6) is 0. The molecule has 1 fully saturated rings. The standard InChI is InChI=1S/C11H15N3O/c15-14-11(9-5-1-3-7-12-9)10-6-2-4-8-13-10/h1,3,5,7,10,13,15H,2,4,6,8H2. The van der Waals surface area contributed by atoms with E-state index < -0.39 is 0 Å². The minimum Gasteiger partial charge on any atom is -0.411 e. The van der Waals surface area contributed by atoms with E-state index in [-0.39, 0.29) is 6.04 Å². The second-order valence-corrected chi connectivity index (χ2v) is 3.70. The van der Waals surface area contributed by atoms with Crippen LogP contribution in [0.25, 0.3) is 0 Å². The number of pyridine rings is 1. The lowest BCUT2D eigenvalue weighted by molar-refractivity contribution is 0.313. The van der Waals surface area contributed by atoms with E-state index >= 15 is 0 Å². The smallest absolute Gasteiger partial charge is 0.122 e. The Kier molecular flexibility index (Phi) is 3.29. The van der Waals surface area contributed by atoms with Crippen molar-refractivity contribution in [2.75, 3.05) is 6.54 Å². The number of oxime groups is 1. The fourth-order valence-electron chi connectivity index (χ4n) is 1.90. The Hall–Kier alpha value is -1.42. The third-order valence-corrected chi connectivity index (χ3v) is 2.68. The van der Waals surface area contributed by atoms with E-state index in [1.807, 2.05) is 18.2 Å². The van der Waals surface area contributed by atoms with Crippen molar-refractivity contribution < 1.29 is 5.21 Å². The summed E-state index contributed by atoms with van der Waals surface area (Å²) in [7, 11) is 0. The van der Waals surface area contributed by atoms with Crippen molar-refractivity contribution in [3.05, 3.63) is 30.1 Å². The number of hydrogen-bond donors (Lipinski definition) is 2. The van der Waals surface area contributed by atoms with Gasteiger partial charge in [-0.25, -0.2) is 0 Å². The summed E-state index contributed by atoms with van der Waals surface area (Å²) >= 11 is 0. The Morgan fingerprint density at radius 1 is 1.47 bits per heavy atom. The first-order chi connectivity index (χ1) is 7.42. The second kappa shape index (κ2) is 4.89. The first kappa shape index (κ1) is 10.1. The zero-order valence-corrected chi connectivity index (χ0v) is 8.56. The molecular weight excluding hydrogens is 190 g/mol. The van der Waals surface area contributed by atoms with Gasteiger partial charge in [-0.2, -0.15) is 0 Å². The summed E-state index contributed by atoms with van der Waals surface area (Å²) < 4.78 is 0. The van der Waals surface area contributed by atoms with Gasteiger partial charge in [0.05, 0.1) is 11.7 Å². The van der Waals surface area contributed by atoms with E-state index in [2.05, 4.69) is 15.5 Å². The summed E-state index contributed by atoms with van der Waals surface area (Å²) in [6.07, 6.45) is 5.08. The third-order valence-electron chi connectivity index (χ3n) is 2.68. The third kappa shape index (κ3) is 2.33. The molecule has 0 aliphatic carbocycles. The molecule has 1 atom stereocenters. The predicted octanol–water partition coefficient (Wildman–Crippen LogP) is 1.40. The highest BCUT2D eigenvalue weighted by Crippen LogP contribution is 2.12. The Labute approximate surface area is 89.0 Å². The van der Waals surface area contributed by atoms with Gasteiger partial charge < -0.3 is 10.5 Å². The fourth-order valence-corrected chi connectivity index (χ4v) is 1.90. The Balaban J connectivity index is 2.17. The van der Waals surface area contributed by atoms with E-state index in [4.69, 9.17) is 5.21 Å². The molecule has 15 heavy (non-hydrogen) atoms. The van der Waals surface area contributed by atoms with Crippen LogP contribution in [-0.4, -0.2) is 28.5 Å². The lowest BCUT2D eigenvalue weighted by Crippen LogP contribution is -2.41. The average Bonchev–Trinajstić information content (AvgIpc) is 2.33. The van der Waals surface area contributed by atoms with Crippen LogP contribution in [0.1, 0.15) is 25.0 Å². The number of piperidine rings is 1. The molecule has 4 heteroatoms. The first-order valence-electron chi connectivity index (χ1n) is 5.28. The van der Waals surface area contributed by atoms with E-state index in [9.17, 15) is 0 Å². The van der Waals surface area contributed by atoms with E-state index in [0.717, 1.165) is 18.7 Å². The molecule has 1 saturated heterocycles. The second-order valence-electron chi connectivity index (χ2n) is 3.70. The molecule has 1 aromatic heterocycles. The monoisotopic (exact) mass is 205 g/mol. The van der Waals surface area contributed by atoms with Gasteiger partial charge in [0.1, 0.15) is 5.71 Å². The number of aromatic nitrogens is 1. The van der Waals surface area contributed by atoms with Gasteiger partial charge in [-0.1, -0.05) is 17.6 Å². The first-order valence-corrected chi connectivity index (χ1v) is 5.28. The van der Waals surface area contributed by atoms with Crippen LogP contribution in [0.4, 0.5) is 0 Å². The predicted molar refractivity (Wildman–Crippen MR) is 58.2 cm³/mol. The lowest BCUT2D eigenvalue weighted by Gasteiger charge is -2.23. The minimum atomic E-state index is 0.138. The van der Waals surface area contributed by atoms with Crippen molar-refractivity contribution in [1.29, 1.82) is 0 Å². The Bertz CT molecular complexity index is 331. The average molecular weight is 205 g/mol. The summed E-state index contributed by atoms with van der Waals surface area (Å²) in [6.45, 7) is 0.983. The molecule has 2 N–H and O–H groups in total. The van der Waals surface area contributed by atoms with Crippen LogP contribution < -0.4 is 5.32 Å². The molecule has 2 rings (SSSR count). The molecule has 1 unspecified atom stereocenters. The van der Waals surface area contributed by atoms with Crippen molar-refractivity contribution in [3.63, 3.8) is 0 Å². The van der Waals surface area contributed by atoms with Crippen LogP contribution in [0.5, 0.6) is 0 Å². The van der Waals surface area contributed by atoms with Crippen LogP contribution in [0.3, 0.4) is 0 Å². The molecule has 0 aromatic carbocycles. The largest absolute Gasteiger partial charge is 0.411 e. The van der Waals surface area contributed by atoms with E-state index in [1.165, 1.54) is 12.8 Å². The highest BCUT2D eigenvalue weighted by Gasteiger charge is 2.21. The van der Waals surface area contributed by atoms with Crippen molar-refractivity contribution >= 4 is 5.71 Å². The topological polar surface area (TPSA) is 57.5 Å². The van der Waals surface area contributed by atoms with Crippen molar-refractivity contribution in [3.8, 4) is 0 Å². The summed E-state index contributed by atoms with van der Waals surface area (Å²) in [5, 5.41) is 15.8. The van der Waals surface area contributed by atoms with Crippen molar-refractivity contribution in [2.24, 2.45) is 5.16 Å². The summed E-state index contributed by atoms with van der Waals surface area (Å²) in [4.78, 5) is 4.19. The van der Waals surface area contributed by atoms with E-state index in [1.54, 1.807) is 6.20 Å². The van der Waals surface area contributed by atoms with Gasteiger partial charge in [0.2, 0.25) is 0 Å². The number of hydrogen-bond acceptors (Lipinski definition) is 4. The van der Waals surface area contributed by atoms with Crippen LogP contribution in [0, 0.1) is 0 Å². The maximum atomic E-state index is 9.04. The van der Waals surface area contributed by atoms with Crippen LogP contribution in [0.15, 0.2) is 29.6 Å². The zero-order chi connectivity index (χ0) is 10.5. The zero-order valence-electron chi connectivity index (χ0n) is 8.56. The van der Waals surface area contributed by atoms with Crippen LogP contribution in [-0.2, 0) is 0 Å². The molecule has 1 aliphatic rings. The lowest BCUT2D eigenvalue weighted by atomic mass is 9.98. The van der Waals surface area contributed by atoms with Gasteiger partial charge in [-0.05, 0) is 31.5 Å². The Morgan fingerprint density at radius 3 is 3.00 bits per heavy atom. The van der Waals surface area contributed by atoms with Crippen molar-refractivity contribution in [1.82, 2.24) is 10.3 Å².